The molecule has 0 atom stereocenters. The summed E-state index contributed by atoms with van der Waals surface area (Å²) in [7, 11) is 1.64. The first-order chi connectivity index (χ1) is 11.2. The molecule has 0 N–H and O–H groups in total. The van der Waals surface area contributed by atoms with E-state index in [1.807, 2.05) is 30.5 Å². The van der Waals surface area contributed by atoms with Gasteiger partial charge in [-0.25, -0.2) is 0 Å². The fraction of sp³-hybridized carbons (Fsp3) is 0.375. The molecule has 3 rings (SSSR count). The van der Waals surface area contributed by atoms with E-state index in [1.54, 1.807) is 7.11 Å². The highest BCUT2D eigenvalue weighted by atomic mass is 32.1. The van der Waals surface area contributed by atoms with Crippen LogP contribution in [-0.2, 0) is 20.8 Å². The van der Waals surface area contributed by atoms with Crippen LogP contribution in [0.4, 0.5) is 0 Å². The van der Waals surface area contributed by atoms with Crippen molar-refractivity contribution >= 4 is 27.5 Å². The van der Waals surface area contributed by atoms with Gasteiger partial charge in [-0.05, 0) is 25.5 Å². The highest BCUT2D eigenvalue weighted by Gasteiger charge is 2.17. The van der Waals surface area contributed by atoms with E-state index in [-0.39, 0.29) is 5.76 Å². The fourth-order valence-electron chi connectivity index (χ4n) is 2.44. The number of aromatic nitrogens is 1. The summed E-state index contributed by atoms with van der Waals surface area (Å²) in [5.74, 6) is 0.476. The van der Waals surface area contributed by atoms with Crippen LogP contribution in [0.25, 0.3) is 10.2 Å². The first kappa shape index (κ1) is 15.6. The number of carbonyl (C=O) groups excluding carboxylic acids is 1. The Balaban J connectivity index is 2.17. The Bertz CT molecular complexity index is 848. The van der Waals surface area contributed by atoms with Crippen molar-refractivity contribution in [3.05, 3.63) is 34.5 Å². The second-order valence-electron chi connectivity index (χ2n) is 5.01. The minimum atomic E-state index is -0.435. The molecule has 1 aromatic heterocycles. The van der Waals surface area contributed by atoms with Crippen LogP contribution in [0.15, 0.2) is 29.1 Å². The van der Waals surface area contributed by atoms with Crippen molar-refractivity contribution in [3.8, 4) is 5.75 Å². The summed E-state index contributed by atoms with van der Waals surface area (Å²) in [5, 5.41) is 0. The maximum atomic E-state index is 12.3. The van der Waals surface area contributed by atoms with Crippen LogP contribution < -0.4 is 9.54 Å². The van der Waals surface area contributed by atoms with Gasteiger partial charge in [0.2, 0.25) is 5.76 Å². The molecule has 122 valence electrons. The molecule has 0 saturated heterocycles. The maximum absolute atomic E-state index is 12.3. The summed E-state index contributed by atoms with van der Waals surface area (Å²) in [6.45, 7) is 5.54. The smallest absolute Gasteiger partial charge is 0.317 e. The van der Waals surface area contributed by atoms with Crippen molar-refractivity contribution < 1.29 is 19.0 Å². The molecule has 23 heavy (non-hydrogen) atoms. The zero-order valence-corrected chi connectivity index (χ0v) is 14.1. The lowest BCUT2D eigenvalue weighted by atomic mass is 10.2. The van der Waals surface area contributed by atoms with Crippen molar-refractivity contribution in [1.82, 2.24) is 4.57 Å². The van der Waals surface area contributed by atoms with Gasteiger partial charge < -0.3 is 18.8 Å². The van der Waals surface area contributed by atoms with E-state index in [9.17, 15) is 4.79 Å². The molecule has 1 aliphatic heterocycles. The molecule has 0 unspecified atom stereocenters. The largest absolute Gasteiger partial charge is 0.495 e. The fourth-order valence-corrected chi connectivity index (χ4v) is 3.62. The number of rotatable bonds is 3. The van der Waals surface area contributed by atoms with Crippen molar-refractivity contribution in [1.29, 1.82) is 0 Å². The van der Waals surface area contributed by atoms with E-state index >= 15 is 0 Å². The number of aryl methyl sites for hydroxylation is 2. The molecule has 2 aromatic rings. The lowest BCUT2D eigenvalue weighted by Gasteiger charge is -2.12. The number of nitrogens with zero attached hydrogens (tertiary/aromatic N) is 2. The molecule has 2 heterocycles. The van der Waals surface area contributed by atoms with Gasteiger partial charge >= 0.3 is 5.91 Å². The second-order valence-corrected chi connectivity index (χ2v) is 5.99. The number of hydrogen-bond acceptors (Lipinski definition) is 5. The molecule has 0 bridgehead atoms. The van der Waals surface area contributed by atoms with Gasteiger partial charge in [-0.3, -0.25) is 4.79 Å². The number of fused-ring (bicyclic) bond motifs is 1. The molecule has 0 aliphatic carbocycles. The van der Waals surface area contributed by atoms with Crippen molar-refractivity contribution in [3.63, 3.8) is 0 Å². The number of thiazole rings is 1. The summed E-state index contributed by atoms with van der Waals surface area (Å²) in [6, 6.07) is 3.94. The van der Waals surface area contributed by atoms with E-state index < -0.39 is 5.91 Å². The number of benzene rings is 1. The lowest BCUT2D eigenvalue weighted by Crippen LogP contribution is -2.19. The Hall–Kier alpha value is -2.28. The summed E-state index contributed by atoms with van der Waals surface area (Å²) >= 11 is 1.47. The molecule has 1 aromatic carbocycles. The topological polar surface area (TPSA) is 62.1 Å². The van der Waals surface area contributed by atoms with E-state index in [0.717, 1.165) is 21.5 Å². The SMILES string of the molecule is CCn1c(=NC(=O)C2=COCCO2)sc2c(C)ccc(OC)c21. The number of ether oxygens (including phenoxy) is 3. The summed E-state index contributed by atoms with van der Waals surface area (Å²) in [6.07, 6.45) is 1.32. The number of carbonyl (C=O) groups is 1. The van der Waals surface area contributed by atoms with Crippen LogP contribution >= 0.6 is 11.3 Å². The molecular weight excluding hydrogens is 316 g/mol. The van der Waals surface area contributed by atoms with E-state index in [2.05, 4.69) is 4.99 Å². The predicted molar refractivity (Wildman–Crippen MR) is 87.3 cm³/mol. The summed E-state index contributed by atoms with van der Waals surface area (Å²) in [4.78, 5) is 17.1. The van der Waals surface area contributed by atoms with Crippen LogP contribution in [0.3, 0.4) is 0 Å². The Labute approximate surface area is 137 Å². The number of hydrogen-bond donors (Lipinski definition) is 0. The molecule has 0 saturated carbocycles. The Morgan fingerprint density at radius 3 is 2.91 bits per heavy atom. The first-order valence-corrected chi connectivity index (χ1v) is 8.18. The summed E-state index contributed by atoms with van der Waals surface area (Å²) < 4.78 is 18.9. The van der Waals surface area contributed by atoms with E-state index in [0.29, 0.717) is 24.6 Å². The number of methoxy groups -OCH3 is 1. The van der Waals surface area contributed by atoms with Crippen molar-refractivity contribution in [2.75, 3.05) is 20.3 Å². The molecule has 1 aliphatic rings. The van der Waals surface area contributed by atoms with Crippen molar-refractivity contribution in [2.24, 2.45) is 4.99 Å². The molecular formula is C16H18N2O4S. The normalized spacial score (nSPS) is 15.1. The Kier molecular flexibility index (Phi) is 4.38. The third-order valence-electron chi connectivity index (χ3n) is 3.58. The molecule has 7 heteroatoms. The molecule has 0 spiro atoms. The van der Waals surface area contributed by atoms with Crippen LogP contribution in [0.1, 0.15) is 12.5 Å². The average molecular weight is 334 g/mol. The second kappa shape index (κ2) is 6.45. The van der Waals surface area contributed by atoms with Gasteiger partial charge in [0, 0.05) is 6.54 Å². The Morgan fingerprint density at radius 1 is 1.43 bits per heavy atom. The lowest BCUT2D eigenvalue weighted by molar-refractivity contribution is -0.119. The maximum Gasteiger partial charge on any atom is 0.317 e. The van der Waals surface area contributed by atoms with Gasteiger partial charge in [-0.1, -0.05) is 17.4 Å². The standard InChI is InChI=1S/C16H18N2O4S/c1-4-18-13-11(20-3)6-5-10(2)14(13)23-16(18)17-15(19)12-9-21-7-8-22-12/h5-6,9H,4,7-8H2,1-3H3. The van der Waals surface area contributed by atoms with Crippen LogP contribution in [0.2, 0.25) is 0 Å². The first-order valence-electron chi connectivity index (χ1n) is 7.36. The summed E-state index contributed by atoms with van der Waals surface area (Å²) in [5.41, 5.74) is 2.08. The van der Waals surface area contributed by atoms with Gasteiger partial charge in [0.1, 0.15) is 30.7 Å². The van der Waals surface area contributed by atoms with Gasteiger partial charge in [0.25, 0.3) is 0 Å². The Morgan fingerprint density at radius 2 is 2.26 bits per heavy atom. The quantitative estimate of drug-likeness (QED) is 0.864. The molecule has 0 radical (unpaired) electrons. The van der Waals surface area contributed by atoms with Crippen LogP contribution in [-0.4, -0.2) is 30.8 Å². The zero-order chi connectivity index (χ0) is 16.4. The highest BCUT2D eigenvalue weighted by molar-refractivity contribution is 7.16. The predicted octanol–water partition coefficient (Wildman–Crippen LogP) is 2.36. The van der Waals surface area contributed by atoms with E-state index in [4.69, 9.17) is 14.2 Å². The van der Waals surface area contributed by atoms with Crippen molar-refractivity contribution in [2.45, 2.75) is 20.4 Å². The van der Waals surface area contributed by atoms with Gasteiger partial charge in [-0.15, -0.1) is 0 Å². The highest BCUT2D eigenvalue weighted by Crippen LogP contribution is 2.30. The third kappa shape index (κ3) is 2.84. The minimum absolute atomic E-state index is 0.139. The zero-order valence-electron chi connectivity index (χ0n) is 13.3. The van der Waals surface area contributed by atoms with Crippen LogP contribution in [0.5, 0.6) is 5.75 Å². The molecule has 1 amide bonds. The number of amides is 1. The van der Waals surface area contributed by atoms with E-state index in [1.165, 1.54) is 17.6 Å². The molecule has 0 fully saturated rings. The third-order valence-corrected chi connectivity index (χ3v) is 4.79. The molecule has 6 nitrogen and oxygen atoms in total. The van der Waals surface area contributed by atoms with Crippen LogP contribution in [0, 0.1) is 6.92 Å². The van der Waals surface area contributed by atoms with Gasteiger partial charge in [0.05, 0.1) is 11.8 Å². The van der Waals surface area contributed by atoms with Gasteiger partial charge in [0.15, 0.2) is 4.80 Å². The minimum Gasteiger partial charge on any atom is -0.495 e. The van der Waals surface area contributed by atoms with Gasteiger partial charge in [-0.2, -0.15) is 4.99 Å². The average Bonchev–Trinajstić information content (AvgIpc) is 2.95. The monoisotopic (exact) mass is 334 g/mol.